The van der Waals surface area contributed by atoms with Gasteiger partial charge in [-0.05, 0) is 29.8 Å². The number of amidine groups is 1. The van der Waals surface area contributed by atoms with Gasteiger partial charge in [-0.15, -0.1) is 5.10 Å². The van der Waals surface area contributed by atoms with E-state index in [4.69, 9.17) is 25.5 Å². The Morgan fingerprint density at radius 3 is 2.66 bits per heavy atom. The summed E-state index contributed by atoms with van der Waals surface area (Å²) in [4.78, 5) is 35.5. The number of rotatable bonds is 4. The predicted molar refractivity (Wildman–Crippen MR) is 106 cm³/mol. The summed E-state index contributed by atoms with van der Waals surface area (Å²) in [6.45, 7) is 2.70. The second-order valence-corrected chi connectivity index (χ2v) is 7.30. The molecule has 0 radical (unpaired) electrons. The van der Waals surface area contributed by atoms with E-state index in [1.165, 1.54) is 44.4 Å². The zero-order valence-corrected chi connectivity index (χ0v) is 17.2. The number of nitrogens with one attached hydrogen (secondary N) is 1. The van der Waals surface area contributed by atoms with Crippen molar-refractivity contribution in [2.24, 2.45) is 5.10 Å². The maximum atomic E-state index is 12.2. The van der Waals surface area contributed by atoms with E-state index in [2.05, 4.69) is 10.4 Å². The minimum Gasteiger partial charge on any atom is -0.493 e. The number of benzene rings is 1. The summed E-state index contributed by atoms with van der Waals surface area (Å²) in [5.41, 5.74) is 0.564. The van der Waals surface area contributed by atoms with E-state index in [-0.39, 0.29) is 39.3 Å². The average molecular weight is 438 g/mol. The zero-order valence-electron chi connectivity index (χ0n) is 15.6. The molecule has 2 amide bonds. The maximum absolute atomic E-state index is 12.2. The Hall–Kier alpha value is -2.98. The SMILES string of the molecule is COc1cc([C@@H]2SC(NC(C)=O)=NN2C(C)=O)cc(Cl)c1OC(=O)c1ccco1. The lowest BCUT2D eigenvalue weighted by Crippen LogP contribution is -2.25. The van der Waals surface area contributed by atoms with Gasteiger partial charge in [0, 0.05) is 13.8 Å². The van der Waals surface area contributed by atoms with Crippen LogP contribution >= 0.6 is 23.4 Å². The minimum absolute atomic E-state index is 0.00893. The molecule has 0 saturated heterocycles. The van der Waals surface area contributed by atoms with Crippen molar-refractivity contribution < 1.29 is 28.3 Å². The van der Waals surface area contributed by atoms with Gasteiger partial charge in [0.25, 0.3) is 0 Å². The van der Waals surface area contributed by atoms with Crippen molar-refractivity contribution in [3.8, 4) is 11.5 Å². The summed E-state index contributed by atoms with van der Waals surface area (Å²) in [5, 5.41) is 7.69. The Bertz CT molecular complexity index is 992. The number of amides is 2. The van der Waals surface area contributed by atoms with Crippen LogP contribution in [0.2, 0.25) is 5.02 Å². The fraction of sp³-hybridized carbons (Fsp3) is 0.222. The summed E-state index contributed by atoms with van der Waals surface area (Å²) >= 11 is 7.50. The van der Waals surface area contributed by atoms with Crippen LogP contribution in [-0.2, 0) is 9.59 Å². The van der Waals surface area contributed by atoms with E-state index in [0.29, 0.717) is 5.56 Å². The lowest BCUT2D eigenvalue weighted by Gasteiger charge is -2.21. The van der Waals surface area contributed by atoms with E-state index in [0.717, 1.165) is 11.8 Å². The van der Waals surface area contributed by atoms with Gasteiger partial charge in [-0.2, -0.15) is 0 Å². The summed E-state index contributed by atoms with van der Waals surface area (Å²) in [6, 6.07) is 6.13. The molecule has 0 bridgehead atoms. The van der Waals surface area contributed by atoms with Crippen molar-refractivity contribution in [3.63, 3.8) is 0 Å². The molecule has 1 aliphatic heterocycles. The summed E-state index contributed by atoms with van der Waals surface area (Å²) in [5.74, 6) is -1.17. The molecule has 2 aromatic rings. The molecule has 1 atom stereocenters. The number of furan rings is 1. The number of nitrogens with zero attached hydrogens (tertiary/aromatic N) is 2. The maximum Gasteiger partial charge on any atom is 0.379 e. The highest BCUT2D eigenvalue weighted by Gasteiger charge is 2.33. The van der Waals surface area contributed by atoms with Crippen molar-refractivity contribution in [2.75, 3.05) is 7.11 Å². The summed E-state index contributed by atoms with van der Waals surface area (Å²) in [6.07, 6.45) is 1.35. The second kappa shape index (κ2) is 8.58. The first-order valence-corrected chi connectivity index (χ1v) is 9.51. The van der Waals surface area contributed by atoms with Crippen LogP contribution in [0.3, 0.4) is 0 Å². The molecule has 1 N–H and O–H groups in total. The van der Waals surface area contributed by atoms with Crippen LogP contribution in [0.1, 0.15) is 35.3 Å². The number of ether oxygens (including phenoxy) is 2. The molecule has 0 aliphatic carbocycles. The van der Waals surface area contributed by atoms with Crippen LogP contribution in [0.4, 0.5) is 0 Å². The summed E-state index contributed by atoms with van der Waals surface area (Å²) < 4.78 is 15.6. The average Bonchev–Trinajstić information content (AvgIpc) is 3.32. The molecule has 1 aromatic carbocycles. The standard InChI is InChI=1S/C18H16ClN3O6S/c1-9(23)20-18-21-22(10(2)24)16(29-18)11-7-12(19)15(14(8-11)26-3)28-17(25)13-5-4-6-27-13/h4-8,16H,1-3H3,(H,20,21,23)/t16-/m0/s1. The van der Waals surface area contributed by atoms with Crippen LogP contribution in [0.5, 0.6) is 11.5 Å². The van der Waals surface area contributed by atoms with E-state index in [9.17, 15) is 14.4 Å². The first-order valence-electron chi connectivity index (χ1n) is 8.26. The van der Waals surface area contributed by atoms with Crippen LogP contribution in [0, 0.1) is 0 Å². The van der Waals surface area contributed by atoms with Crippen LogP contribution in [0.25, 0.3) is 0 Å². The number of methoxy groups -OCH3 is 1. The monoisotopic (exact) mass is 437 g/mol. The van der Waals surface area contributed by atoms with Gasteiger partial charge in [-0.1, -0.05) is 23.4 Å². The molecule has 11 heteroatoms. The molecule has 1 aromatic heterocycles. The van der Waals surface area contributed by atoms with Gasteiger partial charge in [0.1, 0.15) is 5.37 Å². The van der Waals surface area contributed by atoms with Gasteiger partial charge in [0.15, 0.2) is 16.7 Å². The van der Waals surface area contributed by atoms with Crippen LogP contribution < -0.4 is 14.8 Å². The lowest BCUT2D eigenvalue weighted by atomic mass is 10.2. The first kappa shape index (κ1) is 20.7. The molecular formula is C18H16ClN3O6S. The van der Waals surface area contributed by atoms with Crippen molar-refractivity contribution >= 4 is 46.3 Å². The molecule has 2 heterocycles. The van der Waals surface area contributed by atoms with Crippen LogP contribution in [-0.4, -0.2) is 35.1 Å². The topological polar surface area (TPSA) is 110 Å². The van der Waals surface area contributed by atoms with Gasteiger partial charge >= 0.3 is 5.97 Å². The Kier molecular flexibility index (Phi) is 6.14. The third-order valence-corrected chi connectivity index (χ3v) is 5.09. The molecule has 9 nitrogen and oxygen atoms in total. The number of halogens is 1. The van der Waals surface area contributed by atoms with Gasteiger partial charge in [0.2, 0.25) is 17.6 Å². The molecule has 3 rings (SSSR count). The van der Waals surface area contributed by atoms with E-state index in [1.807, 2.05) is 0 Å². The number of thioether (sulfide) groups is 1. The highest BCUT2D eigenvalue weighted by Crippen LogP contribution is 2.44. The molecule has 0 unspecified atom stereocenters. The van der Waals surface area contributed by atoms with Gasteiger partial charge in [0.05, 0.1) is 18.4 Å². The number of carbonyl (C=O) groups is 3. The Labute approximate surface area is 175 Å². The number of esters is 1. The largest absolute Gasteiger partial charge is 0.493 e. The molecular weight excluding hydrogens is 422 g/mol. The Balaban J connectivity index is 1.91. The highest BCUT2D eigenvalue weighted by molar-refractivity contribution is 8.14. The van der Waals surface area contributed by atoms with Gasteiger partial charge < -0.3 is 19.2 Å². The molecule has 1 aliphatic rings. The fourth-order valence-electron chi connectivity index (χ4n) is 2.50. The van der Waals surface area contributed by atoms with Gasteiger partial charge in [-0.25, -0.2) is 9.80 Å². The molecule has 0 fully saturated rings. The van der Waals surface area contributed by atoms with E-state index < -0.39 is 11.3 Å². The van der Waals surface area contributed by atoms with E-state index in [1.54, 1.807) is 12.1 Å². The lowest BCUT2D eigenvalue weighted by molar-refractivity contribution is -0.129. The molecule has 0 saturated carbocycles. The number of hydrogen-bond donors (Lipinski definition) is 1. The molecule has 29 heavy (non-hydrogen) atoms. The number of carbonyl (C=O) groups excluding carboxylic acids is 3. The van der Waals surface area contributed by atoms with Crippen molar-refractivity contribution in [1.82, 2.24) is 10.3 Å². The normalized spacial score (nSPS) is 15.7. The molecule has 152 valence electrons. The third-order valence-electron chi connectivity index (χ3n) is 3.70. The predicted octanol–water partition coefficient (Wildman–Crippen LogP) is 3.16. The minimum atomic E-state index is -0.736. The van der Waals surface area contributed by atoms with Crippen molar-refractivity contribution in [3.05, 3.63) is 46.9 Å². The zero-order chi connectivity index (χ0) is 21.1. The summed E-state index contributed by atoms with van der Waals surface area (Å²) in [7, 11) is 1.39. The van der Waals surface area contributed by atoms with Crippen molar-refractivity contribution in [1.29, 1.82) is 0 Å². The quantitative estimate of drug-likeness (QED) is 0.577. The number of hydrazone groups is 1. The Morgan fingerprint density at radius 2 is 2.07 bits per heavy atom. The van der Waals surface area contributed by atoms with Crippen LogP contribution in [0.15, 0.2) is 40.0 Å². The number of hydrogen-bond acceptors (Lipinski definition) is 8. The highest BCUT2D eigenvalue weighted by atomic mass is 35.5. The van der Waals surface area contributed by atoms with Gasteiger partial charge in [-0.3, -0.25) is 9.59 Å². The smallest absolute Gasteiger partial charge is 0.379 e. The van der Waals surface area contributed by atoms with E-state index >= 15 is 0 Å². The fourth-order valence-corrected chi connectivity index (χ4v) is 3.87. The second-order valence-electron chi connectivity index (χ2n) is 5.82. The Morgan fingerprint density at radius 1 is 1.31 bits per heavy atom. The van der Waals surface area contributed by atoms with Crippen molar-refractivity contribution in [2.45, 2.75) is 19.2 Å². The first-order chi connectivity index (χ1) is 13.8. The molecule has 0 spiro atoms. The third kappa shape index (κ3) is 4.54.